The van der Waals surface area contributed by atoms with Crippen molar-refractivity contribution in [3.63, 3.8) is 0 Å². The maximum atomic E-state index is 12.4. The summed E-state index contributed by atoms with van der Waals surface area (Å²) in [7, 11) is -4.88. The minimum Gasteiger partial charge on any atom is -0.420 e. The largest absolute Gasteiger partial charge is 0.420 e. The monoisotopic (exact) mass is 472 g/mol. The molecule has 0 aliphatic heterocycles. The molecule has 1 aromatic carbocycles. The molecule has 2 nitrogen and oxygen atoms in total. The molecule has 0 N–H and O–H groups in total. The highest BCUT2D eigenvalue weighted by molar-refractivity contribution is 7.87. The number of halogens is 1. The fourth-order valence-corrected chi connectivity index (χ4v) is 100. The van der Waals surface area contributed by atoms with Crippen molar-refractivity contribution in [1.82, 2.24) is 0 Å². The van der Waals surface area contributed by atoms with Gasteiger partial charge in [0.2, 0.25) is 0 Å². The predicted molar refractivity (Wildman–Crippen MR) is 136 cm³/mol. The highest BCUT2D eigenvalue weighted by Crippen LogP contribution is 2.41. The standard InChI is InChI=1S/C21H41ClO2Si4/c1-17(19-15-13-12-14-16-19)21(20(22)18(2)23)24-28(25(3,4)5,26(6,7)8)27(9,10)11/h12-17,20-21H,1-11H3. The van der Waals surface area contributed by atoms with Crippen LogP contribution in [0, 0.1) is 0 Å². The van der Waals surface area contributed by atoms with E-state index < -0.39 is 35.0 Å². The van der Waals surface area contributed by atoms with Crippen molar-refractivity contribution < 1.29 is 9.22 Å². The Bertz CT molecular complexity index is 624. The highest BCUT2D eigenvalue weighted by atomic mass is 35.5. The van der Waals surface area contributed by atoms with Crippen LogP contribution >= 0.6 is 11.6 Å². The van der Waals surface area contributed by atoms with E-state index in [1.807, 2.05) is 6.07 Å². The lowest BCUT2D eigenvalue weighted by atomic mass is 9.92. The number of Topliss-reactive ketones (excluding diaryl/α,β-unsaturated/α-hetero) is 1. The van der Waals surface area contributed by atoms with Gasteiger partial charge in [-0.05, 0) is 12.5 Å². The molecule has 0 aliphatic rings. The van der Waals surface area contributed by atoms with Crippen LogP contribution in [0.5, 0.6) is 0 Å². The Balaban J connectivity index is 3.65. The van der Waals surface area contributed by atoms with E-state index in [9.17, 15) is 4.79 Å². The molecule has 3 atom stereocenters. The van der Waals surface area contributed by atoms with Crippen molar-refractivity contribution in [2.45, 2.75) is 90.2 Å². The lowest BCUT2D eigenvalue weighted by molar-refractivity contribution is -0.118. The first-order valence-corrected chi connectivity index (χ1v) is 26.2. The zero-order valence-electron chi connectivity index (χ0n) is 19.8. The first-order chi connectivity index (χ1) is 12.5. The first-order valence-electron chi connectivity index (χ1n) is 10.3. The van der Waals surface area contributed by atoms with Crippen LogP contribution in [-0.2, 0) is 9.22 Å². The van der Waals surface area contributed by atoms with Crippen molar-refractivity contribution >= 4 is 47.0 Å². The van der Waals surface area contributed by atoms with Gasteiger partial charge in [0, 0.05) is 5.92 Å². The number of hydrogen-bond acceptors (Lipinski definition) is 2. The molecule has 0 aliphatic carbocycles. The Morgan fingerprint density at radius 1 is 0.857 bits per heavy atom. The molecule has 0 aromatic heterocycles. The van der Waals surface area contributed by atoms with E-state index in [1.165, 1.54) is 5.56 Å². The van der Waals surface area contributed by atoms with E-state index in [0.717, 1.165) is 0 Å². The van der Waals surface area contributed by atoms with Gasteiger partial charge in [0.1, 0.15) is 11.2 Å². The number of rotatable bonds is 9. The average molecular weight is 473 g/mol. The maximum absolute atomic E-state index is 12.4. The second-order valence-electron chi connectivity index (χ2n) is 11.2. The smallest absolute Gasteiger partial charge is 0.158 e. The Kier molecular flexibility index (Phi) is 8.39. The SMILES string of the molecule is CC(=O)C(Cl)C(O[Si]([Si](C)(C)C)([Si](C)(C)C)[Si](C)(C)C)C(C)c1ccccc1. The number of alkyl halides is 1. The summed E-state index contributed by atoms with van der Waals surface area (Å²) >= 11 is 6.78. The summed E-state index contributed by atoms with van der Waals surface area (Å²) in [6.07, 6.45) is -0.265. The van der Waals surface area contributed by atoms with Crippen LogP contribution in [0.3, 0.4) is 0 Å². The van der Waals surface area contributed by atoms with E-state index >= 15 is 0 Å². The van der Waals surface area contributed by atoms with Crippen molar-refractivity contribution in [3.05, 3.63) is 35.9 Å². The molecule has 28 heavy (non-hydrogen) atoms. The molecule has 7 heteroatoms. The molecule has 0 radical (unpaired) electrons. The Labute approximate surface area is 181 Å². The lowest BCUT2D eigenvalue weighted by Crippen LogP contribution is -2.85. The summed E-state index contributed by atoms with van der Waals surface area (Å²) in [6.45, 7) is 24.2. The van der Waals surface area contributed by atoms with Crippen molar-refractivity contribution in [1.29, 1.82) is 0 Å². The first kappa shape index (κ1) is 26.0. The van der Waals surface area contributed by atoms with Gasteiger partial charge in [-0.3, -0.25) is 4.79 Å². The molecule has 3 unspecified atom stereocenters. The quantitative estimate of drug-likeness (QED) is 0.300. The van der Waals surface area contributed by atoms with Crippen molar-refractivity contribution in [2.75, 3.05) is 0 Å². The van der Waals surface area contributed by atoms with Gasteiger partial charge in [-0.25, -0.2) is 0 Å². The fraction of sp³-hybridized carbons (Fsp3) is 0.667. The number of carbonyl (C=O) groups is 1. The van der Waals surface area contributed by atoms with Crippen LogP contribution in [-0.4, -0.2) is 46.9 Å². The van der Waals surface area contributed by atoms with E-state index in [4.69, 9.17) is 16.0 Å². The third-order valence-electron chi connectivity index (χ3n) is 5.98. The van der Waals surface area contributed by atoms with Crippen LogP contribution in [0.15, 0.2) is 30.3 Å². The van der Waals surface area contributed by atoms with E-state index in [-0.39, 0.29) is 17.8 Å². The van der Waals surface area contributed by atoms with Gasteiger partial charge < -0.3 is 4.43 Å². The third kappa shape index (κ3) is 5.18. The molecule has 0 saturated heterocycles. The van der Waals surface area contributed by atoms with Gasteiger partial charge in [-0.15, -0.1) is 11.6 Å². The normalized spacial score (nSPS) is 17.1. The van der Waals surface area contributed by atoms with Crippen molar-refractivity contribution in [2.24, 2.45) is 0 Å². The summed E-state index contributed by atoms with van der Waals surface area (Å²) in [6, 6.07) is 10.4. The van der Waals surface area contributed by atoms with Gasteiger partial charge in [-0.1, -0.05) is 96.2 Å². The topological polar surface area (TPSA) is 26.3 Å². The minimum absolute atomic E-state index is 0.0130. The molecule has 0 spiro atoms. The highest BCUT2D eigenvalue weighted by Gasteiger charge is 2.65. The Morgan fingerprint density at radius 2 is 1.25 bits per heavy atom. The number of carbonyl (C=O) groups excluding carboxylic acids is 1. The molecular weight excluding hydrogens is 432 g/mol. The van der Waals surface area contributed by atoms with Crippen LogP contribution < -0.4 is 0 Å². The van der Waals surface area contributed by atoms with Crippen LogP contribution in [0.2, 0.25) is 58.9 Å². The lowest BCUT2D eigenvalue weighted by Gasteiger charge is -2.58. The average Bonchev–Trinajstić information content (AvgIpc) is 2.51. The maximum Gasteiger partial charge on any atom is 0.158 e. The summed E-state index contributed by atoms with van der Waals surface area (Å²) in [5.41, 5.74) is 1.20. The van der Waals surface area contributed by atoms with Crippen LogP contribution in [0.25, 0.3) is 0 Å². The van der Waals surface area contributed by atoms with Crippen LogP contribution in [0.1, 0.15) is 25.3 Å². The molecular formula is C21H41ClO2Si4. The van der Waals surface area contributed by atoms with Crippen LogP contribution in [0.4, 0.5) is 0 Å². The van der Waals surface area contributed by atoms with Gasteiger partial charge in [0.05, 0.1) is 28.9 Å². The number of ketones is 1. The molecule has 0 fully saturated rings. The summed E-state index contributed by atoms with van der Waals surface area (Å²) in [4.78, 5) is 12.4. The fourth-order valence-electron chi connectivity index (χ4n) is 5.70. The Hall–Kier alpha value is 0.00753. The van der Waals surface area contributed by atoms with E-state index in [2.05, 4.69) is 90.1 Å². The number of benzene rings is 1. The van der Waals surface area contributed by atoms with Gasteiger partial charge >= 0.3 is 0 Å². The third-order valence-corrected chi connectivity index (χ3v) is 74.1. The van der Waals surface area contributed by atoms with Gasteiger partial charge in [0.25, 0.3) is 0 Å². The number of hydrogen-bond donors (Lipinski definition) is 0. The zero-order chi connectivity index (χ0) is 22.1. The second-order valence-corrected chi connectivity index (χ2v) is 51.1. The minimum atomic E-state index is -2.09. The predicted octanol–water partition coefficient (Wildman–Crippen LogP) is 6.57. The molecule has 0 amide bonds. The summed E-state index contributed by atoms with van der Waals surface area (Å²) < 4.78 is 7.44. The molecule has 1 rings (SSSR count). The molecule has 0 saturated carbocycles. The zero-order valence-corrected chi connectivity index (χ0v) is 24.6. The van der Waals surface area contributed by atoms with Gasteiger partial charge in [0.15, 0.2) is 6.87 Å². The molecule has 1 aromatic rings. The molecule has 0 heterocycles. The Morgan fingerprint density at radius 3 is 1.57 bits per heavy atom. The van der Waals surface area contributed by atoms with E-state index in [0.29, 0.717) is 0 Å². The van der Waals surface area contributed by atoms with E-state index in [1.54, 1.807) is 6.92 Å². The molecule has 0 bridgehead atoms. The summed E-state index contributed by atoms with van der Waals surface area (Å²) in [5, 5.41) is -0.605. The van der Waals surface area contributed by atoms with Gasteiger partial charge in [-0.2, -0.15) is 0 Å². The van der Waals surface area contributed by atoms with Crippen molar-refractivity contribution in [3.8, 4) is 0 Å². The summed E-state index contributed by atoms with van der Waals surface area (Å²) in [5.74, 6) is 0.0996. The molecule has 160 valence electrons. The second kappa shape index (κ2) is 9.02.